The molecule has 0 aliphatic heterocycles. The highest BCUT2D eigenvalue weighted by atomic mass is 32.1. The van der Waals surface area contributed by atoms with Gasteiger partial charge in [0.25, 0.3) is 5.91 Å². The largest absolute Gasteiger partial charge is 0.465 e. The number of fused-ring (bicyclic) bond motifs is 1. The van der Waals surface area contributed by atoms with E-state index in [0.717, 1.165) is 10.1 Å². The van der Waals surface area contributed by atoms with Crippen molar-refractivity contribution < 1.29 is 14.3 Å². The van der Waals surface area contributed by atoms with Crippen LogP contribution < -0.4 is 5.32 Å². The van der Waals surface area contributed by atoms with E-state index in [4.69, 9.17) is 10.00 Å². The summed E-state index contributed by atoms with van der Waals surface area (Å²) in [6.07, 6.45) is 0. The number of methoxy groups -OCH3 is 1. The van der Waals surface area contributed by atoms with Gasteiger partial charge in [0.05, 0.1) is 24.4 Å². The number of anilines is 1. The molecule has 1 aromatic heterocycles. The lowest BCUT2D eigenvalue weighted by molar-refractivity contribution is 0.0607. The molecule has 0 aliphatic rings. The van der Waals surface area contributed by atoms with E-state index < -0.39 is 5.97 Å². The predicted octanol–water partition coefficient (Wildman–Crippen LogP) is 3.81. The molecule has 1 N–H and O–H groups in total. The summed E-state index contributed by atoms with van der Waals surface area (Å²) in [5, 5.41) is 12.5. The molecule has 3 rings (SSSR count). The fraction of sp³-hybridized carbons (Fsp3) is 0.0556. The van der Waals surface area contributed by atoms with E-state index in [1.807, 2.05) is 30.3 Å². The molecule has 24 heavy (non-hydrogen) atoms. The Morgan fingerprint density at radius 2 is 1.96 bits per heavy atom. The van der Waals surface area contributed by atoms with Gasteiger partial charge in [0, 0.05) is 15.6 Å². The second-order valence-corrected chi connectivity index (χ2v) is 5.99. The summed E-state index contributed by atoms with van der Waals surface area (Å²) < 4.78 is 5.68. The van der Waals surface area contributed by atoms with Crippen LogP contribution >= 0.6 is 11.3 Å². The van der Waals surface area contributed by atoms with Gasteiger partial charge < -0.3 is 10.1 Å². The van der Waals surface area contributed by atoms with E-state index in [1.165, 1.54) is 24.5 Å². The van der Waals surface area contributed by atoms with Crippen molar-refractivity contribution in [3.63, 3.8) is 0 Å². The quantitative estimate of drug-likeness (QED) is 0.738. The lowest BCUT2D eigenvalue weighted by atomic mass is 10.1. The zero-order valence-electron chi connectivity index (χ0n) is 12.7. The van der Waals surface area contributed by atoms with Crippen LogP contribution in [0.1, 0.15) is 25.6 Å². The maximum absolute atomic E-state index is 12.5. The number of ether oxygens (including phenoxy) is 1. The summed E-state index contributed by atoms with van der Waals surface area (Å²) in [4.78, 5) is 24.9. The smallest absolute Gasteiger partial charge is 0.350 e. The third-order valence-corrected chi connectivity index (χ3v) is 4.61. The SMILES string of the molecule is COC(=O)c1sc2ccccc2c1NC(=O)c1cccc(C#N)c1. The number of hydrogen-bond donors (Lipinski definition) is 1. The molecule has 0 unspecified atom stereocenters. The minimum absolute atomic E-state index is 0.337. The van der Waals surface area contributed by atoms with Crippen molar-refractivity contribution >= 4 is 39.0 Å². The van der Waals surface area contributed by atoms with Crippen molar-refractivity contribution in [1.29, 1.82) is 5.26 Å². The normalized spacial score (nSPS) is 10.2. The molecule has 0 atom stereocenters. The molecule has 3 aromatic rings. The third kappa shape index (κ3) is 2.85. The van der Waals surface area contributed by atoms with Gasteiger partial charge in [0.15, 0.2) is 0 Å². The molecular formula is C18H12N2O3S. The fourth-order valence-corrected chi connectivity index (χ4v) is 3.40. The molecule has 1 heterocycles. The van der Waals surface area contributed by atoms with Crippen molar-refractivity contribution in [2.75, 3.05) is 12.4 Å². The summed E-state index contributed by atoms with van der Waals surface area (Å²) in [6, 6.07) is 15.8. The van der Waals surface area contributed by atoms with Crippen LogP contribution in [-0.4, -0.2) is 19.0 Å². The molecule has 5 nitrogen and oxygen atoms in total. The van der Waals surface area contributed by atoms with Crippen LogP contribution in [0.25, 0.3) is 10.1 Å². The minimum atomic E-state index is -0.503. The number of thiophene rings is 1. The van der Waals surface area contributed by atoms with E-state index in [9.17, 15) is 9.59 Å². The Morgan fingerprint density at radius 3 is 2.71 bits per heavy atom. The van der Waals surface area contributed by atoms with E-state index in [-0.39, 0.29) is 5.91 Å². The molecule has 0 spiro atoms. The number of nitrogens with zero attached hydrogens (tertiary/aromatic N) is 1. The molecule has 0 fully saturated rings. The minimum Gasteiger partial charge on any atom is -0.465 e. The zero-order valence-corrected chi connectivity index (χ0v) is 13.5. The topological polar surface area (TPSA) is 79.2 Å². The van der Waals surface area contributed by atoms with Crippen LogP contribution in [0, 0.1) is 11.3 Å². The van der Waals surface area contributed by atoms with Crippen molar-refractivity contribution in [2.45, 2.75) is 0 Å². The monoisotopic (exact) mass is 336 g/mol. The summed E-state index contributed by atoms with van der Waals surface area (Å²) >= 11 is 1.26. The number of nitriles is 1. The van der Waals surface area contributed by atoms with E-state index in [0.29, 0.717) is 21.7 Å². The van der Waals surface area contributed by atoms with Gasteiger partial charge in [-0.2, -0.15) is 5.26 Å². The first-order valence-electron chi connectivity index (χ1n) is 7.05. The lowest BCUT2D eigenvalue weighted by Crippen LogP contribution is -2.14. The zero-order chi connectivity index (χ0) is 17.1. The molecule has 0 bridgehead atoms. The Morgan fingerprint density at radius 1 is 1.17 bits per heavy atom. The first kappa shape index (κ1) is 15.7. The standard InChI is InChI=1S/C18H12N2O3S/c1-23-18(22)16-15(13-7-2-3-8-14(13)24-16)20-17(21)12-6-4-5-11(9-12)10-19/h2-9H,1H3,(H,20,21). The Bertz CT molecular complexity index is 985. The average molecular weight is 336 g/mol. The lowest BCUT2D eigenvalue weighted by Gasteiger charge is -2.07. The number of hydrogen-bond acceptors (Lipinski definition) is 5. The maximum Gasteiger partial charge on any atom is 0.350 e. The van der Waals surface area contributed by atoms with Crippen molar-refractivity contribution in [1.82, 2.24) is 0 Å². The molecule has 0 saturated carbocycles. The van der Waals surface area contributed by atoms with Gasteiger partial charge in [-0.3, -0.25) is 4.79 Å². The van der Waals surface area contributed by atoms with Crippen LogP contribution in [-0.2, 0) is 4.74 Å². The van der Waals surface area contributed by atoms with Crippen molar-refractivity contribution in [3.05, 3.63) is 64.5 Å². The molecule has 6 heteroatoms. The van der Waals surface area contributed by atoms with Gasteiger partial charge in [0.2, 0.25) is 0 Å². The van der Waals surface area contributed by atoms with E-state index in [2.05, 4.69) is 5.32 Å². The Hall–Kier alpha value is -3.17. The number of nitrogens with one attached hydrogen (secondary N) is 1. The summed E-state index contributed by atoms with van der Waals surface area (Å²) in [7, 11) is 1.30. The molecule has 1 amide bonds. The van der Waals surface area contributed by atoms with Gasteiger partial charge in [-0.25, -0.2) is 4.79 Å². The van der Waals surface area contributed by atoms with Gasteiger partial charge in [-0.05, 0) is 24.3 Å². The van der Waals surface area contributed by atoms with Crippen LogP contribution in [0.3, 0.4) is 0 Å². The summed E-state index contributed by atoms with van der Waals surface area (Å²) in [6.45, 7) is 0. The van der Waals surface area contributed by atoms with Crippen LogP contribution in [0.4, 0.5) is 5.69 Å². The van der Waals surface area contributed by atoms with Gasteiger partial charge in [0.1, 0.15) is 4.88 Å². The molecule has 2 aromatic carbocycles. The maximum atomic E-state index is 12.5. The van der Waals surface area contributed by atoms with E-state index >= 15 is 0 Å². The van der Waals surface area contributed by atoms with Crippen LogP contribution in [0.15, 0.2) is 48.5 Å². The molecule has 118 valence electrons. The number of rotatable bonds is 3. The van der Waals surface area contributed by atoms with Crippen LogP contribution in [0.2, 0.25) is 0 Å². The van der Waals surface area contributed by atoms with Crippen molar-refractivity contribution in [3.8, 4) is 6.07 Å². The number of carbonyl (C=O) groups excluding carboxylic acids is 2. The first-order chi connectivity index (χ1) is 11.6. The summed E-state index contributed by atoms with van der Waals surface area (Å²) in [5.74, 6) is -0.891. The Kier molecular flexibility index (Phi) is 4.27. The van der Waals surface area contributed by atoms with E-state index in [1.54, 1.807) is 18.2 Å². The predicted molar refractivity (Wildman–Crippen MR) is 92.3 cm³/mol. The highest BCUT2D eigenvalue weighted by Crippen LogP contribution is 2.36. The number of esters is 1. The fourth-order valence-electron chi connectivity index (χ4n) is 2.32. The number of benzene rings is 2. The second-order valence-electron chi connectivity index (χ2n) is 4.94. The summed E-state index contributed by atoms with van der Waals surface area (Å²) in [5.41, 5.74) is 1.17. The molecule has 0 radical (unpaired) electrons. The Labute approximate surface area is 142 Å². The van der Waals surface area contributed by atoms with Gasteiger partial charge in [-0.15, -0.1) is 11.3 Å². The van der Waals surface area contributed by atoms with Gasteiger partial charge >= 0.3 is 5.97 Å². The molecule has 0 saturated heterocycles. The molecule has 0 aliphatic carbocycles. The highest BCUT2D eigenvalue weighted by molar-refractivity contribution is 7.21. The van der Waals surface area contributed by atoms with Gasteiger partial charge in [-0.1, -0.05) is 24.3 Å². The number of amides is 1. The molecular weight excluding hydrogens is 324 g/mol. The second kappa shape index (κ2) is 6.52. The first-order valence-corrected chi connectivity index (χ1v) is 7.87. The Balaban J connectivity index is 2.04. The van der Waals surface area contributed by atoms with Crippen molar-refractivity contribution in [2.24, 2.45) is 0 Å². The average Bonchev–Trinajstić information content (AvgIpc) is 2.99. The number of carbonyl (C=O) groups is 2. The highest BCUT2D eigenvalue weighted by Gasteiger charge is 2.21. The third-order valence-electron chi connectivity index (χ3n) is 3.46. The van der Waals surface area contributed by atoms with Crippen LogP contribution in [0.5, 0.6) is 0 Å².